The van der Waals surface area contributed by atoms with E-state index in [9.17, 15) is 9.59 Å². The molecule has 2 amide bonds. The van der Waals surface area contributed by atoms with Crippen molar-refractivity contribution in [1.29, 1.82) is 0 Å². The van der Waals surface area contributed by atoms with Crippen molar-refractivity contribution in [3.63, 3.8) is 0 Å². The minimum absolute atomic E-state index is 0.152. The molecule has 0 unspecified atom stereocenters. The second kappa shape index (κ2) is 7.72. The van der Waals surface area contributed by atoms with Gasteiger partial charge in [0.05, 0.1) is 17.2 Å². The van der Waals surface area contributed by atoms with Gasteiger partial charge in [0.25, 0.3) is 11.8 Å². The zero-order chi connectivity index (χ0) is 20.5. The van der Waals surface area contributed by atoms with Gasteiger partial charge in [-0.25, -0.2) is 0 Å². The van der Waals surface area contributed by atoms with Gasteiger partial charge in [-0.1, -0.05) is 54.1 Å². The molecular formula is C24H20ClNO3. The second-order valence-corrected chi connectivity index (χ2v) is 7.57. The molecule has 29 heavy (non-hydrogen) atoms. The quantitative estimate of drug-likeness (QED) is 0.536. The summed E-state index contributed by atoms with van der Waals surface area (Å²) in [7, 11) is 0. The highest BCUT2D eigenvalue weighted by molar-refractivity contribution is 6.30. The molecule has 1 aliphatic rings. The number of hydrogen-bond acceptors (Lipinski definition) is 3. The molecule has 0 saturated carbocycles. The molecule has 5 heteroatoms. The van der Waals surface area contributed by atoms with E-state index in [0.717, 1.165) is 16.7 Å². The third-order valence-electron chi connectivity index (χ3n) is 5.13. The summed E-state index contributed by atoms with van der Waals surface area (Å²) in [5.41, 5.74) is 3.51. The Bertz CT molecular complexity index is 1040. The van der Waals surface area contributed by atoms with Crippen LogP contribution in [0.3, 0.4) is 0 Å². The molecule has 0 N–H and O–H groups in total. The van der Waals surface area contributed by atoms with E-state index in [1.54, 1.807) is 24.3 Å². The number of fused-ring (bicyclic) bond motifs is 1. The van der Waals surface area contributed by atoms with Crippen LogP contribution < -0.4 is 4.74 Å². The SMILES string of the molecule is Cc1cc(Cl)cc(C)c1OC[C@H](c1ccccc1)N1C(=O)c2ccccc2C1=O. The van der Waals surface area contributed by atoms with Crippen molar-refractivity contribution in [1.82, 2.24) is 4.90 Å². The van der Waals surface area contributed by atoms with Crippen LogP contribution in [0.2, 0.25) is 5.02 Å². The predicted octanol–water partition coefficient (Wildman–Crippen LogP) is 5.37. The van der Waals surface area contributed by atoms with E-state index in [0.29, 0.717) is 21.9 Å². The smallest absolute Gasteiger partial charge is 0.262 e. The molecule has 0 aliphatic carbocycles. The van der Waals surface area contributed by atoms with Gasteiger partial charge in [-0.2, -0.15) is 0 Å². The lowest BCUT2D eigenvalue weighted by molar-refractivity contribution is 0.0529. The first kappa shape index (κ1) is 19.2. The molecule has 0 radical (unpaired) electrons. The summed E-state index contributed by atoms with van der Waals surface area (Å²) in [6, 6.07) is 19.5. The molecule has 0 saturated heterocycles. The third kappa shape index (κ3) is 3.52. The number of nitrogens with zero attached hydrogens (tertiary/aromatic N) is 1. The largest absolute Gasteiger partial charge is 0.491 e. The van der Waals surface area contributed by atoms with Crippen LogP contribution in [0, 0.1) is 13.8 Å². The Labute approximate surface area is 174 Å². The van der Waals surface area contributed by atoms with Gasteiger partial charge in [-0.3, -0.25) is 14.5 Å². The van der Waals surface area contributed by atoms with Gasteiger partial charge in [-0.15, -0.1) is 0 Å². The molecule has 4 rings (SSSR count). The average molecular weight is 406 g/mol. The molecular weight excluding hydrogens is 386 g/mol. The van der Waals surface area contributed by atoms with Crippen LogP contribution in [0.5, 0.6) is 5.75 Å². The average Bonchev–Trinajstić information content (AvgIpc) is 2.96. The standard InChI is InChI=1S/C24H20ClNO3/c1-15-12-18(25)13-16(2)22(15)29-14-21(17-8-4-3-5-9-17)26-23(27)19-10-6-7-11-20(19)24(26)28/h3-13,21H,14H2,1-2H3/t21-/m1/s1. The summed E-state index contributed by atoms with van der Waals surface area (Å²) in [5.74, 6) is 0.118. The van der Waals surface area contributed by atoms with Crippen molar-refractivity contribution in [3.05, 3.63) is 99.6 Å². The van der Waals surface area contributed by atoms with Gasteiger partial charge < -0.3 is 4.74 Å². The van der Waals surface area contributed by atoms with Gasteiger partial charge in [0, 0.05) is 5.02 Å². The van der Waals surface area contributed by atoms with Gasteiger partial charge >= 0.3 is 0 Å². The molecule has 0 bridgehead atoms. The fraction of sp³-hybridized carbons (Fsp3) is 0.167. The Morgan fingerprint density at radius 2 is 1.38 bits per heavy atom. The third-order valence-corrected chi connectivity index (χ3v) is 5.35. The summed E-state index contributed by atoms with van der Waals surface area (Å²) in [4.78, 5) is 27.4. The van der Waals surface area contributed by atoms with Crippen LogP contribution in [0.15, 0.2) is 66.7 Å². The maximum absolute atomic E-state index is 13.0. The number of benzene rings is 3. The lowest BCUT2D eigenvalue weighted by Gasteiger charge is -2.27. The molecule has 3 aromatic rings. The number of amides is 2. The first-order valence-corrected chi connectivity index (χ1v) is 9.76. The monoisotopic (exact) mass is 405 g/mol. The lowest BCUT2D eigenvalue weighted by atomic mass is 10.1. The van der Waals surface area contributed by atoms with Crippen LogP contribution in [0.4, 0.5) is 0 Å². The van der Waals surface area contributed by atoms with Crippen LogP contribution in [0.1, 0.15) is 43.4 Å². The van der Waals surface area contributed by atoms with Gasteiger partial charge in [0.15, 0.2) is 0 Å². The minimum atomic E-state index is -0.543. The highest BCUT2D eigenvalue weighted by atomic mass is 35.5. The van der Waals surface area contributed by atoms with Crippen molar-refractivity contribution in [3.8, 4) is 5.75 Å². The molecule has 4 nitrogen and oxygen atoms in total. The Morgan fingerprint density at radius 1 is 0.862 bits per heavy atom. The summed E-state index contributed by atoms with van der Waals surface area (Å²) in [6.07, 6.45) is 0. The molecule has 0 aromatic heterocycles. The Morgan fingerprint density at radius 3 is 1.93 bits per heavy atom. The maximum atomic E-state index is 13.0. The Balaban J connectivity index is 1.69. The van der Waals surface area contributed by atoms with Crippen molar-refractivity contribution in [2.75, 3.05) is 6.61 Å². The summed E-state index contributed by atoms with van der Waals surface area (Å²) >= 11 is 6.12. The topological polar surface area (TPSA) is 46.6 Å². The van der Waals surface area contributed by atoms with Crippen molar-refractivity contribution < 1.29 is 14.3 Å². The lowest BCUT2D eigenvalue weighted by Crippen LogP contribution is -2.37. The highest BCUT2D eigenvalue weighted by Gasteiger charge is 2.40. The minimum Gasteiger partial charge on any atom is -0.491 e. The van der Waals surface area contributed by atoms with E-state index in [2.05, 4.69) is 0 Å². The number of imide groups is 1. The van der Waals surface area contributed by atoms with Crippen molar-refractivity contribution in [2.45, 2.75) is 19.9 Å². The van der Waals surface area contributed by atoms with Gasteiger partial charge in [-0.05, 0) is 54.8 Å². The Kier molecular flexibility index (Phi) is 5.12. The number of hydrogen-bond donors (Lipinski definition) is 0. The van der Waals surface area contributed by atoms with Gasteiger partial charge in [0.2, 0.25) is 0 Å². The Hall–Kier alpha value is -3.11. The fourth-order valence-electron chi connectivity index (χ4n) is 3.77. The normalized spacial score (nSPS) is 14.1. The molecule has 146 valence electrons. The first-order valence-electron chi connectivity index (χ1n) is 9.39. The van der Waals surface area contributed by atoms with E-state index >= 15 is 0 Å². The number of carbonyl (C=O) groups is 2. The number of carbonyl (C=O) groups excluding carboxylic acids is 2. The molecule has 1 aliphatic heterocycles. The highest BCUT2D eigenvalue weighted by Crippen LogP contribution is 2.33. The van der Waals surface area contributed by atoms with E-state index in [-0.39, 0.29) is 18.4 Å². The van der Waals surface area contributed by atoms with Crippen molar-refractivity contribution in [2.24, 2.45) is 0 Å². The summed E-state index contributed by atoms with van der Waals surface area (Å²) in [6.45, 7) is 4.00. The number of ether oxygens (including phenoxy) is 1. The number of rotatable bonds is 5. The molecule has 0 fully saturated rings. The molecule has 3 aromatic carbocycles. The molecule has 1 heterocycles. The predicted molar refractivity (Wildman–Crippen MR) is 113 cm³/mol. The van der Waals surface area contributed by atoms with Crippen molar-refractivity contribution >= 4 is 23.4 Å². The van der Waals surface area contributed by atoms with Crippen LogP contribution in [-0.4, -0.2) is 23.3 Å². The molecule has 0 spiro atoms. The van der Waals surface area contributed by atoms with E-state index in [4.69, 9.17) is 16.3 Å². The van der Waals surface area contributed by atoms with E-state index < -0.39 is 6.04 Å². The number of aryl methyl sites for hydroxylation is 2. The van der Waals surface area contributed by atoms with Crippen LogP contribution >= 0.6 is 11.6 Å². The fourth-order valence-corrected chi connectivity index (χ4v) is 4.10. The zero-order valence-electron chi connectivity index (χ0n) is 16.2. The zero-order valence-corrected chi connectivity index (χ0v) is 16.9. The second-order valence-electron chi connectivity index (χ2n) is 7.13. The summed E-state index contributed by atoms with van der Waals surface area (Å²) < 4.78 is 6.14. The van der Waals surface area contributed by atoms with Crippen LogP contribution in [0.25, 0.3) is 0 Å². The molecule has 1 atom stereocenters. The van der Waals surface area contributed by atoms with Gasteiger partial charge in [0.1, 0.15) is 12.4 Å². The summed E-state index contributed by atoms with van der Waals surface area (Å²) in [5, 5.41) is 0.646. The van der Waals surface area contributed by atoms with Crippen LogP contribution in [-0.2, 0) is 0 Å². The maximum Gasteiger partial charge on any atom is 0.262 e. The van der Waals surface area contributed by atoms with E-state index in [1.807, 2.05) is 56.3 Å². The number of halogens is 1. The first-order chi connectivity index (χ1) is 14.0. The van der Waals surface area contributed by atoms with E-state index in [1.165, 1.54) is 4.90 Å².